The van der Waals surface area contributed by atoms with E-state index in [-0.39, 0.29) is 34.8 Å². The minimum atomic E-state index is -0.688. The largest absolute Gasteiger partial charge is 0.507 e. The average Bonchev–Trinajstić information content (AvgIpc) is 2.55. The number of rotatable bonds is 5. The van der Waals surface area contributed by atoms with Crippen molar-refractivity contribution in [3.63, 3.8) is 0 Å². The van der Waals surface area contributed by atoms with Crippen LogP contribution in [0.2, 0.25) is 0 Å². The molecule has 2 aromatic rings. The molecule has 2 aromatic carbocycles. The highest BCUT2D eigenvalue weighted by atomic mass is 16.5. The minimum absolute atomic E-state index is 0.0510. The number of phenolic OH excluding ortho intramolecular Hbond substituents is 2. The molecule has 0 spiro atoms. The van der Waals surface area contributed by atoms with Gasteiger partial charge >= 0.3 is 5.97 Å². The fourth-order valence-electron chi connectivity index (χ4n) is 2.28. The van der Waals surface area contributed by atoms with Crippen LogP contribution in [0.5, 0.6) is 11.5 Å². The number of carbonyl (C=O) groups excluding carboxylic acids is 2. The zero-order valence-electron chi connectivity index (χ0n) is 13.0. The maximum absolute atomic E-state index is 12.6. The maximum atomic E-state index is 12.6. The Morgan fingerprint density at radius 2 is 1.74 bits per heavy atom. The van der Waals surface area contributed by atoms with Crippen molar-refractivity contribution in [2.24, 2.45) is 0 Å². The van der Waals surface area contributed by atoms with Crippen LogP contribution in [0.25, 0.3) is 0 Å². The smallest absolute Gasteiger partial charge is 0.341 e. The number of esters is 1. The Kier molecular flexibility index (Phi) is 5.01. The van der Waals surface area contributed by atoms with Crippen molar-refractivity contribution in [2.75, 3.05) is 6.61 Å². The summed E-state index contributed by atoms with van der Waals surface area (Å²) in [5.41, 5.74) is 0.763. The Labute approximate surface area is 134 Å². The van der Waals surface area contributed by atoms with Crippen LogP contribution in [0.1, 0.15) is 45.7 Å². The van der Waals surface area contributed by atoms with Gasteiger partial charge in [0.2, 0.25) is 0 Å². The van der Waals surface area contributed by atoms with E-state index in [9.17, 15) is 19.8 Å². The first-order valence-electron chi connectivity index (χ1n) is 7.35. The Hall–Kier alpha value is -2.82. The van der Waals surface area contributed by atoms with Crippen LogP contribution in [0.4, 0.5) is 0 Å². The molecule has 0 aliphatic rings. The third-order valence-corrected chi connectivity index (χ3v) is 3.48. The Balaban J connectivity index is 2.55. The fraction of sp³-hybridized carbons (Fsp3) is 0.222. The first-order valence-corrected chi connectivity index (χ1v) is 7.35. The van der Waals surface area contributed by atoms with Crippen molar-refractivity contribution in [2.45, 2.75) is 20.3 Å². The van der Waals surface area contributed by atoms with Gasteiger partial charge in [0, 0.05) is 5.56 Å². The van der Waals surface area contributed by atoms with Crippen LogP contribution in [-0.2, 0) is 11.2 Å². The monoisotopic (exact) mass is 314 g/mol. The Morgan fingerprint density at radius 3 is 2.35 bits per heavy atom. The second-order valence-corrected chi connectivity index (χ2v) is 4.95. The van der Waals surface area contributed by atoms with Gasteiger partial charge in [-0.3, -0.25) is 4.79 Å². The molecule has 0 bridgehead atoms. The number of carbonyl (C=O) groups is 2. The highest BCUT2D eigenvalue weighted by Gasteiger charge is 2.21. The van der Waals surface area contributed by atoms with Gasteiger partial charge in [-0.25, -0.2) is 4.79 Å². The number of para-hydroxylation sites is 1. The number of hydrogen-bond acceptors (Lipinski definition) is 5. The summed E-state index contributed by atoms with van der Waals surface area (Å²) in [6.07, 6.45) is 0.445. The predicted octanol–water partition coefficient (Wildman–Crippen LogP) is 3.07. The quantitative estimate of drug-likeness (QED) is 0.654. The lowest BCUT2D eigenvalue weighted by Crippen LogP contribution is -2.10. The number of aryl methyl sites for hydroxylation is 1. The molecule has 5 heteroatoms. The van der Waals surface area contributed by atoms with Gasteiger partial charge in [0.15, 0.2) is 5.78 Å². The van der Waals surface area contributed by atoms with E-state index in [4.69, 9.17) is 4.74 Å². The topological polar surface area (TPSA) is 83.8 Å². The first kappa shape index (κ1) is 16.5. The summed E-state index contributed by atoms with van der Waals surface area (Å²) in [6.45, 7) is 3.63. The van der Waals surface area contributed by atoms with E-state index in [0.29, 0.717) is 12.0 Å². The van der Waals surface area contributed by atoms with Crippen molar-refractivity contribution in [1.82, 2.24) is 0 Å². The van der Waals surface area contributed by atoms with E-state index in [1.807, 2.05) is 0 Å². The third kappa shape index (κ3) is 3.34. The molecule has 0 unspecified atom stereocenters. The molecule has 23 heavy (non-hydrogen) atoms. The SMILES string of the molecule is CCOC(=O)c1cc(C(=O)c2ccccc2O)cc(CC)c1O. The molecule has 0 heterocycles. The molecule has 0 aliphatic heterocycles. The van der Waals surface area contributed by atoms with Gasteiger partial charge in [-0.1, -0.05) is 19.1 Å². The van der Waals surface area contributed by atoms with Crippen LogP contribution in [-0.4, -0.2) is 28.6 Å². The normalized spacial score (nSPS) is 10.3. The molecule has 0 amide bonds. The lowest BCUT2D eigenvalue weighted by atomic mass is 9.96. The van der Waals surface area contributed by atoms with Crippen LogP contribution in [0.15, 0.2) is 36.4 Å². The molecule has 0 radical (unpaired) electrons. The van der Waals surface area contributed by atoms with Crippen molar-refractivity contribution in [1.29, 1.82) is 0 Å². The van der Waals surface area contributed by atoms with Crippen LogP contribution in [0.3, 0.4) is 0 Å². The van der Waals surface area contributed by atoms with E-state index >= 15 is 0 Å². The second-order valence-electron chi connectivity index (χ2n) is 4.95. The summed E-state index contributed by atoms with van der Waals surface area (Å²) in [5, 5.41) is 20.0. The van der Waals surface area contributed by atoms with Crippen molar-refractivity contribution in [3.05, 3.63) is 58.7 Å². The van der Waals surface area contributed by atoms with E-state index in [1.54, 1.807) is 26.0 Å². The highest BCUT2D eigenvalue weighted by molar-refractivity contribution is 6.12. The summed E-state index contributed by atoms with van der Waals surface area (Å²) in [4.78, 5) is 24.6. The molecular weight excluding hydrogens is 296 g/mol. The molecule has 5 nitrogen and oxygen atoms in total. The van der Waals surface area contributed by atoms with Crippen molar-refractivity contribution in [3.8, 4) is 11.5 Å². The standard InChI is InChI=1S/C18H18O5/c1-3-11-9-12(10-14(16(11)20)18(22)23-4-2)17(21)13-7-5-6-8-15(13)19/h5-10,19-20H,3-4H2,1-2H3. The van der Waals surface area contributed by atoms with Gasteiger partial charge in [-0.05, 0) is 43.2 Å². The maximum Gasteiger partial charge on any atom is 0.341 e. The lowest BCUT2D eigenvalue weighted by molar-refractivity contribution is 0.0523. The molecule has 0 saturated carbocycles. The zero-order chi connectivity index (χ0) is 17.0. The third-order valence-electron chi connectivity index (χ3n) is 3.48. The van der Waals surface area contributed by atoms with E-state index in [1.165, 1.54) is 24.3 Å². The summed E-state index contributed by atoms with van der Waals surface area (Å²) < 4.78 is 4.91. The van der Waals surface area contributed by atoms with Gasteiger partial charge < -0.3 is 14.9 Å². The predicted molar refractivity (Wildman–Crippen MR) is 85.0 cm³/mol. The average molecular weight is 314 g/mol. The molecule has 0 fully saturated rings. The second kappa shape index (κ2) is 6.96. The molecule has 0 atom stereocenters. The molecule has 2 rings (SSSR count). The van der Waals surface area contributed by atoms with Gasteiger partial charge in [0.1, 0.15) is 17.1 Å². The molecule has 120 valence electrons. The van der Waals surface area contributed by atoms with Crippen LogP contribution in [0, 0.1) is 0 Å². The van der Waals surface area contributed by atoms with Gasteiger partial charge in [0.25, 0.3) is 0 Å². The Bertz CT molecular complexity index is 749. The first-order chi connectivity index (χ1) is 11.0. The van der Waals surface area contributed by atoms with E-state index in [2.05, 4.69) is 0 Å². The number of phenols is 2. The summed E-state index contributed by atoms with van der Waals surface area (Å²) in [7, 11) is 0. The summed E-state index contributed by atoms with van der Waals surface area (Å²) >= 11 is 0. The number of aromatic hydroxyl groups is 2. The van der Waals surface area contributed by atoms with Crippen molar-refractivity contribution < 1.29 is 24.5 Å². The summed E-state index contributed by atoms with van der Waals surface area (Å²) in [5.74, 6) is -1.43. The van der Waals surface area contributed by atoms with Gasteiger partial charge in [-0.2, -0.15) is 0 Å². The molecular formula is C18H18O5. The van der Waals surface area contributed by atoms with Crippen molar-refractivity contribution >= 4 is 11.8 Å². The van der Waals surface area contributed by atoms with Crippen LogP contribution >= 0.6 is 0 Å². The van der Waals surface area contributed by atoms with E-state index < -0.39 is 11.8 Å². The zero-order valence-corrected chi connectivity index (χ0v) is 13.0. The number of benzene rings is 2. The molecule has 2 N–H and O–H groups in total. The minimum Gasteiger partial charge on any atom is -0.507 e. The number of hydrogen-bond donors (Lipinski definition) is 2. The lowest BCUT2D eigenvalue weighted by Gasteiger charge is -2.11. The van der Waals surface area contributed by atoms with E-state index in [0.717, 1.165) is 0 Å². The molecule has 0 aliphatic carbocycles. The number of ether oxygens (including phenoxy) is 1. The van der Waals surface area contributed by atoms with Gasteiger partial charge in [0.05, 0.1) is 12.2 Å². The molecule has 0 aromatic heterocycles. The van der Waals surface area contributed by atoms with Gasteiger partial charge in [-0.15, -0.1) is 0 Å². The fourth-order valence-corrected chi connectivity index (χ4v) is 2.28. The highest BCUT2D eigenvalue weighted by Crippen LogP contribution is 2.28. The molecule has 0 saturated heterocycles. The summed E-state index contributed by atoms with van der Waals surface area (Å²) in [6, 6.07) is 8.99. The number of ketones is 1. The Morgan fingerprint density at radius 1 is 1.04 bits per heavy atom. The van der Waals surface area contributed by atoms with Crippen LogP contribution < -0.4 is 0 Å².